The van der Waals surface area contributed by atoms with E-state index in [2.05, 4.69) is 10.3 Å². The van der Waals surface area contributed by atoms with Crippen LogP contribution in [0.1, 0.15) is 23.8 Å². The fourth-order valence-electron chi connectivity index (χ4n) is 3.07. The molecule has 1 aliphatic heterocycles. The van der Waals surface area contributed by atoms with Crippen molar-refractivity contribution in [3.63, 3.8) is 0 Å². The zero-order chi connectivity index (χ0) is 19.6. The molecule has 0 radical (unpaired) electrons. The number of rotatable bonds is 5. The Bertz CT molecular complexity index is 949. The van der Waals surface area contributed by atoms with Gasteiger partial charge in [-0.05, 0) is 37.6 Å². The van der Waals surface area contributed by atoms with Gasteiger partial charge in [0.25, 0.3) is 5.91 Å². The zero-order valence-corrected chi connectivity index (χ0v) is 15.5. The average molecular weight is 395 g/mol. The molecule has 144 valence electrons. The lowest BCUT2D eigenvalue weighted by Gasteiger charge is -2.26. The van der Waals surface area contributed by atoms with Gasteiger partial charge >= 0.3 is 0 Å². The van der Waals surface area contributed by atoms with Crippen molar-refractivity contribution < 1.29 is 22.0 Å². The van der Waals surface area contributed by atoms with Gasteiger partial charge in [0.05, 0.1) is 23.4 Å². The molecule has 1 fully saturated rings. The Kier molecular flexibility index (Phi) is 5.41. The summed E-state index contributed by atoms with van der Waals surface area (Å²) < 4.78 is 49.6. The number of sulfone groups is 1. The number of pyridine rings is 1. The van der Waals surface area contributed by atoms with Crippen molar-refractivity contribution in [1.82, 2.24) is 9.88 Å². The molecule has 2 heterocycles. The van der Waals surface area contributed by atoms with Gasteiger partial charge in [-0.2, -0.15) is 0 Å². The number of amides is 1. The molecule has 0 bridgehead atoms. The van der Waals surface area contributed by atoms with E-state index in [1.54, 1.807) is 13.0 Å². The fraction of sp³-hybridized carbons (Fsp3) is 0.333. The van der Waals surface area contributed by atoms with Crippen LogP contribution in [0.4, 0.5) is 20.2 Å². The van der Waals surface area contributed by atoms with E-state index >= 15 is 0 Å². The molecule has 27 heavy (non-hydrogen) atoms. The number of aromatic nitrogens is 1. The number of hydrogen-bond acceptors (Lipinski definition) is 5. The molecular weight excluding hydrogens is 376 g/mol. The molecule has 1 amide bonds. The van der Waals surface area contributed by atoms with Crippen LogP contribution >= 0.6 is 0 Å². The Balaban J connectivity index is 1.72. The highest BCUT2D eigenvalue weighted by Gasteiger charge is 2.34. The minimum absolute atomic E-state index is 0.0254. The summed E-state index contributed by atoms with van der Waals surface area (Å²) >= 11 is 0. The van der Waals surface area contributed by atoms with Crippen LogP contribution in [0, 0.1) is 11.6 Å². The number of carbonyl (C=O) groups is 1. The molecule has 1 saturated heterocycles. The Labute approximate surface area is 156 Å². The van der Waals surface area contributed by atoms with Crippen molar-refractivity contribution in [2.24, 2.45) is 0 Å². The molecule has 1 aromatic carbocycles. The molecule has 0 spiro atoms. The number of halogens is 2. The quantitative estimate of drug-likeness (QED) is 0.842. The number of carbonyl (C=O) groups excluding carboxylic acids is 1. The van der Waals surface area contributed by atoms with Crippen LogP contribution in [0.3, 0.4) is 0 Å². The van der Waals surface area contributed by atoms with Crippen molar-refractivity contribution in [2.45, 2.75) is 19.4 Å². The van der Waals surface area contributed by atoms with E-state index in [-0.39, 0.29) is 29.1 Å². The maximum absolute atomic E-state index is 13.3. The molecule has 0 aliphatic carbocycles. The van der Waals surface area contributed by atoms with Crippen LogP contribution in [0.15, 0.2) is 36.5 Å². The topological polar surface area (TPSA) is 79.4 Å². The van der Waals surface area contributed by atoms with Gasteiger partial charge in [0, 0.05) is 24.3 Å². The van der Waals surface area contributed by atoms with Gasteiger partial charge in [-0.15, -0.1) is 0 Å². The number of hydrogen-bond donors (Lipinski definition) is 1. The first-order valence-corrected chi connectivity index (χ1v) is 10.3. The van der Waals surface area contributed by atoms with Gasteiger partial charge in [0.1, 0.15) is 5.69 Å². The molecule has 1 atom stereocenters. The monoisotopic (exact) mass is 395 g/mol. The highest BCUT2D eigenvalue weighted by Crippen LogP contribution is 2.21. The summed E-state index contributed by atoms with van der Waals surface area (Å²) in [6.07, 6.45) is 1.84. The summed E-state index contributed by atoms with van der Waals surface area (Å²) in [5, 5.41) is 2.87. The van der Waals surface area contributed by atoms with Gasteiger partial charge < -0.3 is 10.2 Å². The molecule has 2 aromatic rings. The molecular formula is C18H19F2N3O3S. The Morgan fingerprint density at radius 3 is 2.52 bits per heavy atom. The van der Waals surface area contributed by atoms with Crippen LogP contribution in [-0.4, -0.2) is 48.3 Å². The van der Waals surface area contributed by atoms with Crippen molar-refractivity contribution >= 4 is 27.1 Å². The third-order valence-electron chi connectivity index (χ3n) is 4.44. The van der Waals surface area contributed by atoms with Gasteiger partial charge in [-0.25, -0.2) is 22.2 Å². The number of benzene rings is 1. The van der Waals surface area contributed by atoms with Gasteiger partial charge in [0.15, 0.2) is 21.5 Å². The molecule has 1 aliphatic rings. The van der Waals surface area contributed by atoms with E-state index in [0.717, 1.165) is 12.1 Å². The smallest absolute Gasteiger partial charge is 0.272 e. The second-order valence-electron chi connectivity index (χ2n) is 6.33. The van der Waals surface area contributed by atoms with Crippen LogP contribution < -0.4 is 5.32 Å². The largest absolute Gasteiger partial charge is 0.354 e. The van der Waals surface area contributed by atoms with E-state index in [9.17, 15) is 22.0 Å². The Morgan fingerprint density at radius 1 is 1.22 bits per heavy atom. The molecule has 1 aromatic heterocycles. The second-order valence-corrected chi connectivity index (χ2v) is 8.56. The number of anilines is 2. The average Bonchev–Trinajstić information content (AvgIpc) is 2.99. The highest BCUT2D eigenvalue weighted by molar-refractivity contribution is 7.91. The van der Waals surface area contributed by atoms with Gasteiger partial charge in [-0.1, -0.05) is 0 Å². The molecule has 3 rings (SSSR count). The standard InChI is InChI=1S/C18H19F2N3O3S/c1-2-23(14-7-8-27(25,26)11-14)18(24)17-6-4-13(10-21-17)22-12-3-5-15(19)16(20)9-12/h3-6,9-10,14,22H,2,7-8,11H2,1H3. The first-order chi connectivity index (χ1) is 12.8. The van der Waals surface area contributed by atoms with Crippen molar-refractivity contribution in [1.29, 1.82) is 0 Å². The van der Waals surface area contributed by atoms with E-state index in [0.29, 0.717) is 24.3 Å². The summed E-state index contributed by atoms with van der Waals surface area (Å²) in [5.41, 5.74) is 1.04. The van der Waals surface area contributed by atoms with E-state index in [4.69, 9.17) is 0 Å². The second kappa shape index (κ2) is 7.59. The summed E-state index contributed by atoms with van der Waals surface area (Å²) in [7, 11) is -3.10. The van der Waals surface area contributed by atoms with Crippen LogP contribution in [-0.2, 0) is 9.84 Å². The normalized spacial score (nSPS) is 18.3. The summed E-state index contributed by atoms with van der Waals surface area (Å²) in [5.74, 6) is -2.18. The Hall–Kier alpha value is -2.55. The van der Waals surface area contributed by atoms with Crippen molar-refractivity contribution in [3.8, 4) is 0 Å². The Morgan fingerprint density at radius 2 is 1.96 bits per heavy atom. The van der Waals surface area contributed by atoms with Crippen LogP contribution in [0.2, 0.25) is 0 Å². The van der Waals surface area contributed by atoms with Crippen molar-refractivity contribution in [3.05, 3.63) is 53.9 Å². The summed E-state index contributed by atoms with van der Waals surface area (Å²) in [6.45, 7) is 2.18. The number of nitrogens with one attached hydrogen (secondary N) is 1. The predicted molar refractivity (Wildman–Crippen MR) is 97.6 cm³/mol. The summed E-state index contributed by atoms with van der Waals surface area (Å²) in [4.78, 5) is 18.3. The molecule has 1 unspecified atom stereocenters. The van der Waals surface area contributed by atoms with E-state index < -0.39 is 21.5 Å². The number of nitrogens with zero attached hydrogens (tertiary/aromatic N) is 2. The fourth-order valence-corrected chi connectivity index (χ4v) is 4.80. The van der Waals surface area contributed by atoms with Crippen molar-refractivity contribution in [2.75, 3.05) is 23.4 Å². The SMILES string of the molecule is CCN(C(=O)c1ccc(Nc2ccc(F)c(F)c2)cn1)C1CCS(=O)(=O)C1. The first kappa shape index (κ1) is 19.2. The first-order valence-electron chi connectivity index (χ1n) is 8.48. The summed E-state index contributed by atoms with van der Waals surface area (Å²) in [6, 6.07) is 6.19. The minimum Gasteiger partial charge on any atom is -0.354 e. The lowest BCUT2D eigenvalue weighted by molar-refractivity contribution is 0.0702. The minimum atomic E-state index is -3.10. The molecule has 9 heteroatoms. The third kappa shape index (κ3) is 4.41. The van der Waals surface area contributed by atoms with Crippen LogP contribution in [0.25, 0.3) is 0 Å². The lowest BCUT2D eigenvalue weighted by atomic mass is 10.2. The van der Waals surface area contributed by atoms with Gasteiger partial charge in [-0.3, -0.25) is 4.79 Å². The maximum Gasteiger partial charge on any atom is 0.272 e. The van der Waals surface area contributed by atoms with Crippen LogP contribution in [0.5, 0.6) is 0 Å². The zero-order valence-electron chi connectivity index (χ0n) is 14.7. The maximum atomic E-state index is 13.3. The highest BCUT2D eigenvalue weighted by atomic mass is 32.2. The predicted octanol–water partition coefficient (Wildman–Crippen LogP) is 2.75. The van der Waals surface area contributed by atoms with E-state index in [1.807, 2.05) is 0 Å². The van der Waals surface area contributed by atoms with Gasteiger partial charge in [0.2, 0.25) is 0 Å². The molecule has 0 saturated carbocycles. The van der Waals surface area contributed by atoms with E-state index in [1.165, 1.54) is 23.2 Å². The molecule has 1 N–H and O–H groups in total. The molecule has 6 nitrogen and oxygen atoms in total. The third-order valence-corrected chi connectivity index (χ3v) is 6.19. The lowest BCUT2D eigenvalue weighted by Crippen LogP contribution is -2.41.